The molecule has 3 N–H and O–H groups in total. The molecule has 0 amide bonds. The lowest BCUT2D eigenvalue weighted by Gasteiger charge is -2.29. The normalized spacial score (nSPS) is 12.4. The number of ether oxygens (including phenoxy) is 1. The first-order chi connectivity index (χ1) is 9.34. The monoisotopic (exact) mass is 323 g/mol. The largest absolute Gasteiger partial charge is 0.495 e. The lowest BCUT2D eigenvalue weighted by atomic mass is 10.0. The van der Waals surface area contributed by atoms with Crippen molar-refractivity contribution >= 4 is 21.6 Å². The molecular weight excluding hydrogens is 306 g/mol. The van der Waals surface area contributed by atoms with E-state index in [0.717, 1.165) is 0 Å². The molecule has 0 saturated carbocycles. The number of benzene rings is 1. The Morgan fingerprint density at radius 3 is 2.40 bits per heavy atom. The van der Waals surface area contributed by atoms with Crippen molar-refractivity contribution in [1.82, 2.24) is 4.72 Å². The van der Waals surface area contributed by atoms with Crippen molar-refractivity contribution in [2.45, 2.75) is 23.8 Å². The zero-order valence-electron chi connectivity index (χ0n) is 11.3. The number of aliphatic hydroxyl groups is 2. The van der Waals surface area contributed by atoms with Gasteiger partial charge in [-0.05, 0) is 18.6 Å². The summed E-state index contributed by atoms with van der Waals surface area (Å²) in [5.41, 5.74) is -1.32. The van der Waals surface area contributed by atoms with Crippen molar-refractivity contribution < 1.29 is 23.4 Å². The quantitative estimate of drug-likeness (QED) is 0.688. The second kappa shape index (κ2) is 6.73. The van der Waals surface area contributed by atoms with Crippen LogP contribution < -0.4 is 9.46 Å². The topological polar surface area (TPSA) is 95.9 Å². The molecule has 1 rings (SSSR count). The van der Waals surface area contributed by atoms with Gasteiger partial charge in [-0.1, -0.05) is 18.5 Å². The standard InChI is InChI=1S/C12H18ClNO5S/c1-3-12(7-15,8-16)14-20(17,18)11-5-4-9(13)6-10(11)19-2/h4-6,14-16H,3,7-8H2,1-2H3. The first kappa shape index (κ1) is 17.2. The number of methoxy groups -OCH3 is 1. The molecule has 0 aliphatic carbocycles. The number of nitrogens with one attached hydrogen (secondary N) is 1. The molecular formula is C12H18ClNO5S. The third-order valence-electron chi connectivity index (χ3n) is 3.05. The minimum absolute atomic E-state index is 0.0888. The van der Waals surface area contributed by atoms with Crippen LogP contribution in [-0.2, 0) is 10.0 Å². The highest BCUT2D eigenvalue weighted by Crippen LogP contribution is 2.28. The Morgan fingerprint density at radius 1 is 1.35 bits per heavy atom. The van der Waals surface area contributed by atoms with Gasteiger partial charge in [0.2, 0.25) is 10.0 Å². The number of halogens is 1. The summed E-state index contributed by atoms with van der Waals surface area (Å²) < 4.78 is 32.0. The molecule has 0 aliphatic heterocycles. The van der Waals surface area contributed by atoms with Gasteiger partial charge < -0.3 is 14.9 Å². The van der Waals surface area contributed by atoms with Gasteiger partial charge in [0.1, 0.15) is 10.6 Å². The van der Waals surface area contributed by atoms with Crippen molar-refractivity contribution in [2.24, 2.45) is 0 Å². The Balaban J connectivity index is 3.24. The SMILES string of the molecule is CCC(CO)(CO)NS(=O)(=O)c1ccc(Cl)cc1OC. The second-order valence-corrected chi connectivity index (χ2v) is 6.44. The summed E-state index contributed by atoms with van der Waals surface area (Å²) >= 11 is 5.79. The van der Waals surface area contributed by atoms with Gasteiger partial charge in [0.25, 0.3) is 0 Å². The summed E-state index contributed by atoms with van der Waals surface area (Å²) in [5, 5.41) is 19.0. The molecule has 0 radical (unpaired) electrons. The Kier molecular flexibility index (Phi) is 5.79. The number of hydrogen-bond acceptors (Lipinski definition) is 5. The van der Waals surface area contributed by atoms with E-state index in [-0.39, 0.29) is 17.1 Å². The maximum atomic E-state index is 12.4. The van der Waals surface area contributed by atoms with Crippen LogP contribution in [-0.4, -0.2) is 44.5 Å². The fourth-order valence-corrected chi connectivity index (χ4v) is 3.38. The predicted octanol–water partition coefficient (Wildman–Crippen LogP) is 0.760. The molecule has 0 aliphatic rings. The average molecular weight is 324 g/mol. The smallest absolute Gasteiger partial charge is 0.244 e. The summed E-state index contributed by atoms with van der Waals surface area (Å²) in [5.74, 6) is 0.0888. The van der Waals surface area contributed by atoms with E-state index in [0.29, 0.717) is 5.02 Å². The lowest BCUT2D eigenvalue weighted by molar-refractivity contribution is 0.105. The molecule has 1 aromatic rings. The summed E-state index contributed by atoms with van der Waals surface area (Å²) in [6, 6.07) is 4.10. The van der Waals surface area contributed by atoms with Gasteiger partial charge in [-0.2, -0.15) is 0 Å². The highest BCUT2D eigenvalue weighted by Gasteiger charge is 2.34. The molecule has 20 heavy (non-hydrogen) atoms. The molecule has 0 aromatic heterocycles. The average Bonchev–Trinajstić information content (AvgIpc) is 2.44. The first-order valence-electron chi connectivity index (χ1n) is 5.93. The number of hydrogen-bond donors (Lipinski definition) is 3. The van der Waals surface area contributed by atoms with Gasteiger partial charge >= 0.3 is 0 Å². The van der Waals surface area contributed by atoms with Crippen LogP contribution in [0.25, 0.3) is 0 Å². The Bertz CT molecular complexity index is 549. The van der Waals surface area contributed by atoms with Gasteiger partial charge in [-0.3, -0.25) is 0 Å². The minimum atomic E-state index is -3.97. The Hall–Kier alpha value is -0.860. The van der Waals surface area contributed by atoms with E-state index in [9.17, 15) is 18.6 Å². The molecule has 0 fully saturated rings. The van der Waals surface area contributed by atoms with Crippen molar-refractivity contribution in [3.8, 4) is 5.75 Å². The van der Waals surface area contributed by atoms with E-state index in [4.69, 9.17) is 16.3 Å². The summed E-state index contributed by atoms with van der Waals surface area (Å²) in [6.45, 7) is 0.623. The minimum Gasteiger partial charge on any atom is -0.495 e. The molecule has 6 nitrogen and oxygen atoms in total. The van der Waals surface area contributed by atoms with Gasteiger partial charge in [0.15, 0.2) is 0 Å². The maximum Gasteiger partial charge on any atom is 0.244 e. The van der Waals surface area contributed by atoms with Crippen molar-refractivity contribution in [3.63, 3.8) is 0 Å². The van der Waals surface area contributed by atoms with Crippen LogP contribution in [0.4, 0.5) is 0 Å². The molecule has 0 unspecified atom stereocenters. The summed E-state index contributed by atoms with van der Waals surface area (Å²) in [7, 11) is -2.64. The van der Waals surface area contributed by atoms with Crippen molar-refractivity contribution in [2.75, 3.05) is 20.3 Å². The number of sulfonamides is 1. The van der Waals surface area contributed by atoms with E-state index >= 15 is 0 Å². The Labute approximate surface area is 123 Å². The van der Waals surface area contributed by atoms with Gasteiger partial charge in [-0.25, -0.2) is 13.1 Å². The van der Waals surface area contributed by atoms with Crippen molar-refractivity contribution in [3.05, 3.63) is 23.2 Å². The molecule has 0 bridgehead atoms. The van der Waals surface area contributed by atoms with Crippen molar-refractivity contribution in [1.29, 1.82) is 0 Å². The van der Waals surface area contributed by atoms with Crippen LogP contribution in [0.15, 0.2) is 23.1 Å². The van der Waals surface area contributed by atoms with Crippen LogP contribution in [0, 0.1) is 0 Å². The molecule has 0 saturated heterocycles. The fraction of sp³-hybridized carbons (Fsp3) is 0.500. The number of aliphatic hydroxyl groups excluding tert-OH is 2. The van der Waals surface area contributed by atoms with Gasteiger partial charge in [-0.15, -0.1) is 0 Å². The van der Waals surface area contributed by atoms with E-state index in [1.807, 2.05) is 0 Å². The zero-order valence-corrected chi connectivity index (χ0v) is 12.8. The zero-order chi connectivity index (χ0) is 15.4. The van der Waals surface area contributed by atoms with E-state index in [2.05, 4.69) is 4.72 Å². The fourth-order valence-electron chi connectivity index (χ4n) is 1.61. The molecule has 114 valence electrons. The van der Waals surface area contributed by atoms with Crippen LogP contribution in [0.2, 0.25) is 5.02 Å². The third kappa shape index (κ3) is 3.62. The summed E-state index contributed by atoms with van der Waals surface area (Å²) in [6.07, 6.45) is 0.231. The van der Waals surface area contributed by atoms with Crippen LogP contribution in [0.3, 0.4) is 0 Å². The molecule has 8 heteroatoms. The molecule has 0 heterocycles. The first-order valence-corrected chi connectivity index (χ1v) is 7.79. The highest BCUT2D eigenvalue weighted by atomic mass is 35.5. The van der Waals surface area contributed by atoms with Crippen LogP contribution >= 0.6 is 11.6 Å². The van der Waals surface area contributed by atoms with Crippen LogP contribution in [0.5, 0.6) is 5.75 Å². The molecule has 0 spiro atoms. The lowest BCUT2D eigenvalue weighted by Crippen LogP contribution is -2.53. The second-order valence-electron chi connectivity index (χ2n) is 4.35. The highest BCUT2D eigenvalue weighted by molar-refractivity contribution is 7.89. The van der Waals surface area contributed by atoms with Crippen LogP contribution in [0.1, 0.15) is 13.3 Å². The van der Waals surface area contributed by atoms with E-state index < -0.39 is 28.8 Å². The maximum absolute atomic E-state index is 12.4. The van der Waals surface area contributed by atoms with E-state index in [1.54, 1.807) is 6.92 Å². The van der Waals surface area contributed by atoms with E-state index in [1.165, 1.54) is 25.3 Å². The third-order valence-corrected chi connectivity index (χ3v) is 4.90. The molecule has 0 atom stereocenters. The predicted molar refractivity (Wildman–Crippen MR) is 75.5 cm³/mol. The number of rotatable bonds is 7. The Morgan fingerprint density at radius 2 is 1.95 bits per heavy atom. The van der Waals surface area contributed by atoms with Gasteiger partial charge in [0, 0.05) is 11.1 Å². The molecule has 1 aromatic carbocycles. The van der Waals surface area contributed by atoms with Gasteiger partial charge in [0.05, 0.1) is 25.9 Å². The summed E-state index contributed by atoms with van der Waals surface area (Å²) in [4.78, 5) is -0.107.